The summed E-state index contributed by atoms with van der Waals surface area (Å²) in [5, 5.41) is 13.8. The number of allylic oxidation sites excluding steroid dienone is 2. The lowest BCUT2D eigenvalue weighted by atomic mass is 10.0. The third-order valence-electron chi connectivity index (χ3n) is 10.6. The molecule has 0 aliphatic carbocycles. The first-order valence-corrected chi connectivity index (χ1v) is 24.8. The Balaban J connectivity index is 4.09. The van der Waals surface area contributed by atoms with Crippen LogP contribution in [0.4, 0.5) is 0 Å². The van der Waals surface area contributed by atoms with Crippen molar-refractivity contribution in [3.63, 3.8) is 0 Å². The van der Waals surface area contributed by atoms with Gasteiger partial charge in [0.15, 0.2) is 0 Å². The van der Waals surface area contributed by atoms with E-state index in [-0.39, 0.29) is 25.7 Å². The minimum absolute atomic E-state index is 0.0905. The van der Waals surface area contributed by atoms with E-state index < -0.39 is 20.0 Å². The second-order valence-corrected chi connectivity index (χ2v) is 17.4. The van der Waals surface area contributed by atoms with E-state index in [9.17, 15) is 19.4 Å². The summed E-state index contributed by atoms with van der Waals surface area (Å²) in [5.74, 6) is -0.161. The molecule has 0 saturated heterocycles. The van der Waals surface area contributed by atoms with E-state index in [0.717, 1.165) is 38.5 Å². The molecule has 3 atom stereocenters. The number of amides is 1. The molecule has 0 aromatic carbocycles. The third kappa shape index (κ3) is 39.5. The normalized spacial score (nSPS) is 14.1. The summed E-state index contributed by atoms with van der Waals surface area (Å²) < 4.78 is 22.2. The lowest BCUT2D eigenvalue weighted by Gasteiger charge is -2.25. The van der Waals surface area contributed by atoms with Crippen molar-refractivity contribution in [3.8, 4) is 0 Å². The van der Waals surface area contributed by atoms with Crippen molar-refractivity contribution in [2.45, 2.75) is 251 Å². The average Bonchev–Trinajstić information content (AvgIpc) is 3.16. The average molecular weight is 787 g/mol. The van der Waals surface area contributed by atoms with E-state index in [1.165, 1.54) is 173 Å². The minimum atomic E-state index is -4.31. The highest BCUT2D eigenvalue weighted by Gasteiger charge is 2.27. The smallest absolute Gasteiger partial charge is 0.391 e. The van der Waals surface area contributed by atoms with E-state index in [4.69, 9.17) is 14.8 Å². The number of hydrogen-bond acceptors (Lipinski definition) is 6. The molecule has 0 bridgehead atoms. The van der Waals surface area contributed by atoms with Crippen LogP contribution in [0.1, 0.15) is 239 Å². The van der Waals surface area contributed by atoms with Gasteiger partial charge in [0, 0.05) is 13.0 Å². The molecule has 0 aliphatic rings. The molecule has 1 amide bonds. The quantitative estimate of drug-likeness (QED) is 0.0275. The summed E-state index contributed by atoms with van der Waals surface area (Å²) in [6.45, 7) is 4.23. The molecule has 0 saturated carbocycles. The summed E-state index contributed by atoms with van der Waals surface area (Å²) in [6.07, 6.45) is 46.5. The Hall–Kier alpha value is -0.760. The molecule has 0 heterocycles. The number of nitrogens with two attached hydrogens (primary N) is 1. The highest BCUT2D eigenvalue weighted by Crippen LogP contribution is 2.43. The molecule has 0 aliphatic heterocycles. The van der Waals surface area contributed by atoms with E-state index in [2.05, 4.69) is 31.3 Å². The van der Waals surface area contributed by atoms with Crippen LogP contribution in [0, 0.1) is 0 Å². The molecule has 0 aromatic heterocycles. The number of nitrogens with one attached hydrogen (secondary N) is 1. The Morgan fingerprint density at radius 1 is 0.593 bits per heavy atom. The molecular weight excluding hydrogens is 695 g/mol. The Morgan fingerprint density at radius 2 is 0.963 bits per heavy atom. The van der Waals surface area contributed by atoms with Crippen LogP contribution in [0.5, 0.6) is 0 Å². The van der Waals surface area contributed by atoms with Crippen molar-refractivity contribution < 1.29 is 28.4 Å². The summed E-state index contributed by atoms with van der Waals surface area (Å²) in [5.41, 5.74) is 5.39. The zero-order valence-corrected chi connectivity index (χ0v) is 36.6. The fourth-order valence-corrected chi connectivity index (χ4v) is 7.83. The van der Waals surface area contributed by atoms with E-state index in [1.54, 1.807) is 0 Å². The Kier molecular flexibility index (Phi) is 41.3. The number of aliphatic hydroxyl groups is 1. The maximum atomic E-state index is 12.8. The van der Waals surface area contributed by atoms with Gasteiger partial charge in [-0.05, 0) is 38.5 Å². The minimum Gasteiger partial charge on any atom is -0.391 e. The predicted octanol–water partition coefficient (Wildman–Crippen LogP) is 13.2. The van der Waals surface area contributed by atoms with Gasteiger partial charge < -0.3 is 21.1 Å². The molecule has 0 radical (unpaired) electrons. The Morgan fingerprint density at radius 3 is 1.37 bits per heavy atom. The van der Waals surface area contributed by atoms with Crippen LogP contribution in [0.25, 0.3) is 0 Å². The van der Waals surface area contributed by atoms with Gasteiger partial charge in [0.2, 0.25) is 5.91 Å². The van der Waals surface area contributed by atoms with Gasteiger partial charge in [0.25, 0.3) is 0 Å². The van der Waals surface area contributed by atoms with Crippen molar-refractivity contribution >= 4 is 13.7 Å². The number of rotatable bonds is 44. The molecular formula is C45H91N2O6P. The lowest BCUT2D eigenvalue weighted by molar-refractivity contribution is -0.123. The predicted molar refractivity (Wildman–Crippen MR) is 231 cm³/mol. The second-order valence-electron chi connectivity index (χ2n) is 16.0. The van der Waals surface area contributed by atoms with E-state index in [0.29, 0.717) is 12.8 Å². The molecule has 9 heteroatoms. The maximum Gasteiger partial charge on any atom is 0.472 e. The lowest BCUT2D eigenvalue weighted by Crippen LogP contribution is -2.46. The fraction of sp³-hybridized carbons (Fsp3) is 0.933. The van der Waals surface area contributed by atoms with Gasteiger partial charge >= 0.3 is 7.82 Å². The zero-order chi connectivity index (χ0) is 39.6. The van der Waals surface area contributed by atoms with Crippen LogP contribution in [0.15, 0.2) is 12.2 Å². The Bertz CT molecular complexity index is 860. The standard InChI is InChI=1S/C45H91N2O6P/c1-3-5-7-9-11-13-15-17-19-21-22-23-25-27-29-31-33-35-37-39-45(49)47-43(42-53-54(50,51)52-41-40-46)44(48)38-36-34-32-30-28-26-24-20-18-16-14-12-10-8-6-4-2/h17,19,43-44,48H,3-16,18,20-42,46H2,1-2H3,(H,47,49)(H,50,51)/b19-17-. The molecule has 0 rings (SSSR count). The van der Waals surface area contributed by atoms with Crippen molar-refractivity contribution in [2.75, 3.05) is 19.8 Å². The van der Waals surface area contributed by atoms with Gasteiger partial charge in [-0.15, -0.1) is 0 Å². The molecule has 322 valence electrons. The molecule has 54 heavy (non-hydrogen) atoms. The van der Waals surface area contributed by atoms with Gasteiger partial charge in [-0.2, -0.15) is 0 Å². The largest absolute Gasteiger partial charge is 0.472 e. The first-order valence-electron chi connectivity index (χ1n) is 23.3. The third-order valence-corrected chi connectivity index (χ3v) is 11.6. The fourth-order valence-electron chi connectivity index (χ4n) is 7.07. The summed E-state index contributed by atoms with van der Waals surface area (Å²) >= 11 is 0. The van der Waals surface area contributed by atoms with E-state index in [1.807, 2.05) is 0 Å². The Labute approximate surface area is 335 Å². The monoisotopic (exact) mass is 787 g/mol. The van der Waals surface area contributed by atoms with Crippen LogP contribution in [-0.4, -0.2) is 47.8 Å². The molecule has 5 N–H and O–H groups in total. The molecule has 0 fully saturated rings. The van der Waals surface area contributed by atoms with Gasteiger partial charge in [-0.25, -0.2) is 4.57 Å². The molecule has 3 unspecified atom stereocenters. The van der Waals surface area contributed by atoms with Crippen molar-refractivity contribution in [2.24, 2.45) is 5.73 Å². The first kappa shape index (κ1) is 53.2. The summed E-state index contributed by atoms with van der Waals surface area (Å²) in [6, 6.07) is -0.772. The zero-order valence-electron chi connectivity index (χ0n) is 35.7. The van der Waals surface area contributed by atoms with Crippen LogP contribution in [-0.2, 0) is 18.4 Å². The molecule has 0 aromatic rings. The topological polar surface area (TPSA) is 131 Å². The summed E-state index contributed by atoms with van der Waals surface area (Å²) in [7, 11) is -4.31. The highest BCUT2D eigenvalue weighted by molar-refractivity contribution is 7.47. The van der Waals surface area contributed by atoms with Crippen molar-refractivity contribution in [1.82, 2.24) is 5.32 Å². The second kappa shape index (κ2) is 41.9. The SMILES string of the molecule is CCCCCCCC/C=C\CCCCCCCCCCCC(=O)NC(COP(=O)(O)OCCN)C(O)CCCCCCCCCCCCCCCCCC. The molecule has 0 spiro atoms. The number of unbranched alkanes of at least 4 members (excludes halogenated alkanes) is 30. The number of phosphoric acid groups is 1. The number of hydrogen-bond donors (Lipinski definition) is 4. The van der Waals surface area contributed by atoms with Crippen molar-refractivity contribution in [3.05, 3.63) is 12.2 Å². The van der Waals surface area contributed by atoms with Gasteiger partial charge in [0.1, 0.15) is 0 Å². The van der Waals surface area contributed by atoms with Gasteiger partial charge in [-0.1, -0.05) is 206 Å². The van der Waals surface area contributed by atoms with Gasteiger partial charge in [0.05, 0.1) is 25.4 Å². The maximum absolute atomic E-state index is 12.8. The number of carbonyl (C=O) groups excluding carboxylic acids is 1. The van der Waals surface area contributed by atoms with Crippen LogP contribution in [0.2, 0.25) is 0 Å². The number of aliphatic hydroxyl groups excluding tert-OH is 1. The van der Waals surface area contributed by atoms with Crippen molar-refractivity contribution in [1.29, 1.82) is 0 Å². The van der Waals surface area contributed by atoms with Crippen LogP contribution < -0.4 is 11.1 Å². The summed E-state index contributed by atoms with van der Waals surface area (Å²) in [4.78, 5) is 22.8. The number of carbonyl (C=O) groups is 1. The van der Waals surface area contributed by atoms with Crippen LogP contribution in [0.3, 0.4) is 0 Å². The highest BCUT2D eigenvalue weighted by atomic mass is 31.2. The first-order chi connectivity index (χ1) is 26.4. The number of phosphoric ester groups is 1. The molecule has 8 nitrogen and oxygen atoms in total. The van der Waals surface area contributed by atoms with Gasteiger partial charge in [-0.3, -0.25) is 13.8 Å². The van der Waals surface area contributed by atoms with Crippen LogP contribution >= 0.6 is 7.82 Å². The van der Waals surface area contributed by atoms with E-state index >= 15 is 0 Å².